The second-order valence-corrected chi connectivity index (χ2v) is 13.1. The third-order valence-corrected chi connectivity index (χ3v) is 11.3. The Morgan fingerprint density at radius 2 is 1.73 bits per heavy atom. The summed E-state index contributed by atoms with van der Waals surface area (Å²) in [5.41, 5.74) is 0.653. The zero-order valence-electron chi connectivity index (χ0n) is 20.0. The number of aliphatic hydroxyl groups excluding tert-OH is 2. The molecule has 3 heteroatoms. The van der Waals surface area contributed by atoms with Crippen molar-refractivity contribution in [3.05, 3.63) is 0 Å². The van der Waals surface area contributed by atoms with Crippen LogP contribution in [0.2, 0.25) is 0 Å². The molecule has 5 rings (SSSR count). The first-order valence-corrected chi connectivity index (χ1v) is 13.2. The van der Waals surface area contributed by atoms with E-state index in [0.717, 1.165) is 42.4 Å². The second-order valence-electron chi connectivity index (χ2n) is 13.1. The maximum atomic E-state index is 10.5. The lowest BCUT2D eigenvalue weighted by molar-refractivity contribution is -0.161. The Balaban J connectivity index is 1.35. The molecular formula is C27H46O3. The van der Waals surface area contributed by atoms with Crippen LogP contribution in [0.1, 0.15) is 92.4 Å². The number of hydrogen-bond donors (Lipinski definition) is 2. The number of fused-ring (bicyclic) bond motifs is 7. The average molecular weight is 419 g/mol. The first-order valence-electron chi connectivity index (χ1n) is 13.2. The SMILES string of the molecule is CC(C)CCC1O[C@H]2C[C@H]3[C@@H]4CC[C@H]5C[C@H](O)[C@H](O)C[C@]5(C)[C@H]4CC[C@]3(C)[C@H]2[C@@H]1C. The van der Waals surface area contributed by atoms with Gasteiger partial charge in [-0.3, -0.25) is 0 Å². The first-order chi connectivity index (χ1) is 14.1. The van der Waals surface area contributed by atoms with E-state index in [9.17, 15) is 10.2 Å². The predicted octanol–water partition coefficient (Wildman–Crippen LogP) is 5.43. The molecule has 1 heterocycles. The summed E-state index contributed by atoms with van der Waals surface area (Å²) in [6.07, 6.45) is 10.6. The van der Waals surface area contributed by atoms with Gasteiger partial charge >= 0.3 is 0 Å². The van der Waals surface area contributed by atoms with Gasteiger partial charge in [0, 0.05) is 0 Å². The van der Waals surface area contributed by atoms with Crippen molar-refractivity contribution in [1.29, 1.82) is 0 Å². The van der Waals surface area contributed by atoms with Crippen LogP contribution in [-0.4, -0.2) is 34.6 Å². The normalized spacial score (nSPS) is 57.6. The van der Waals surface area contributed by atoms with Crippen LogP contribution in [0, 0.1) is 52.3 Å². The summed E-state index contributed by atoms with van der Waals surface area (Å²) in [6, 6.07) is 0. The van der Waals surface area contributed by atoms with Crippen molar-refractivity contribution in [1.82, 2.24) is 0 Å². The van der Waals surface area contributed by atoms with Gasteiger partial charge in [-0.05, 0) is 110 Å². The van der Waals surface area contributed by atoms with Crippen molar-refractivity contribution in [2.45, 2.75) is 117 Å². The maximum absolute atomic E-state index is 10.5. The molecule has 12 atom stereocenters. The number of aliphatic hydroxyl groups is 2. The van der Waals surface area contributed by atoms with Crippen molar-refractivity contribution >= 4 is 0 Å². The molecule has 0 aromatic carbocycles. The van der Waals surface area contributed by atoms with Gasteiger partial charge in [0.15, 0.2) is 0 Å². The molecular weight excluding hydrogens is 372 g/mol. The molecule has 0 spiro atoms. The van der Waals surface area contributed by atoms with E-state index >= 15 is 0 Å². The zero-order valence-corrected chi connectivity index (χ0v) is 20.0. The van der Waals surface area contributed by atoms with Gasteiger partial charge in [-0.1, -0.05) is 34.6 Å². The average Bonchev–Trinajstić information content (AvgIpc) is 3.15. The van der Waals surface area contributed by atoms with Crippen molar-refractivity contribution < 1.29 is 14.9 Å². The van der Waals surface area contributed by atoms with E-state index in [1.807, 2.05) is 0 Å². The van der Waals surface area contributed by atoms with Gasteiger partial charge in [0.2, 0.25) is 0 Å². The Morgan fingerprint density at radius 3 is 2.47 bits per heavy atom. The Kier molecular flexibility index (Phi) is 5.39. The Labute approximate surface area is 184 Å². The Hall–Kier alpha value is -0.120. The summed E-state index contributed by atoms with van der Waals surface area (Å²) in [6.45, 7) is 12.2. The monoisotopic (exact) mass is 418 g/mol. The minimum atomic E-state index is -0.522. The molecule has 5 fully saturated rings. The van der Waals surface area contributed by atoms with Crippen LogP contribution in [0.3, 0.4) is 0 Å². The predicted molar refractivity (Wildman–Crippen MR) is 120 cm³/mol. The van der Waals surface area contributed by atoms with Gasteiger partial charge in [-0.15, -0.1) is 0 Å². The summed E-state index contributed by atoms with van der Waals surface area (Å²) in [5, 5.41) is 20.8. The molecule has 1 saturated heterocycles. The molecule has 1 aliphatic heterocycles. The lowest BCUT2D eigenvalue weighted by Gasteiger charge is -2.61. The van der Waals surface area contributed by atoms with E-state index in [1.165, 1.54) is 44.9 Å². The number of hydrogen-bond acceptors (Lipinski definition) is 3. The molecule has 0 amide bonds. The van der Waals surface area contributed by atoms with E-state index in [0.29, 0.717) is 29.5 Å². The van der Waals surface area contributed by atoms with Crippen LogP contribution in [0.15, 0.2) is 0 Å². The van der Waals surface area contributed by atoms with Crippen LogP contribution in [0.4, 0.5) is 0 Å². The van der Waals surface area contributed by atoms with Crippen molar-refractivity contribution in [2.75, 3.05) is 0 Å². The standard InChI is InChI=1S/C27H46O3/c1-15(2)6-9-23-16(3)25-24(30-23)13-20-18-8-7-17-12-21(28)22(29)14-27(17,5)19(18)10-11-26(20,25)4/h15-25,28-29H,6-14H2,1-5H3/t16-,17+,18-,19+,20+,21+,22-,23?,24+,25+,26+,27+/m1/s1. The van der Waals surface area contributed by atoms with E-state index in [1.54, 1.807) is 0 Å². The molecule has 3 nitrogen and oxygen atoms in total. The number of ether oxygens (including phenoxy) is 1. The fraction of sp³-hybridized carbons (Fsp3) is 1.00. The van der Waals surface area contributed by atoms with E-state index in [4.69, 9.17) is 4.74 Å². The molecule has 30 heavy (non-hydrogen) atoms. The minimum Gasteiger partial charge on any atom is -0.390 e. The smallest absolute Gasteiger partial charge is 0.0804 e. The largest absolute Gasteiger partial charge is 0.390 e. The fourth-order valence-corrected chi connectivity index (χ4v) is 9.79. The Bertz CT molecular complexity index is 648. The van der Waals surface area contributed by atoms with Gasteiger partial charge in [-0.2, -0.15) is 0 Å². The van der Waals surface area contributed by atoms with Crippen LogP contribution in [-0.2, 0) is 4.74 Å². The third-order valence-electron chi connectivity index (χ3n) is 11.3. The van der Waals surface area contributed by atoms with Crippen LogP contribution in [0.25, 0.3) is 0 Å². The molecule has 0 radical (unpaired) electrons. The fourth-order valence-electron chi connectivity index (χ4n) is 9.79. The zero-order chi connectivity index (χ0) is 21.4. The third kappa shape index (κ3) is 3.08. The van der Waals surface area contributed by atoms with E-state index in [2.05, 4.69) is 34.6 Å². The summed E-state index contributed by atoms with van der Waals surface area (Å²) < 4.78 is 6.77. The minimum absolute atomic E-state index is 0.215. The van der Waals surface area contributed by atoms with E-state index in [-0.39, 0.29) is 5.41 Å². The summed E-state index contributed by atoms with van der Waals surface area (Å²) in [7, 11) is 0. The summed E-state index contributed by atoms with van der Waals surface area (Å²) >= 11 is 0. The van der Waals surface area contributed by atoms with Gasteiger partial charge in [0.05, 0.1) is 24.4 Å². The van der Waals surface area contributed by atoms with Crippen molar-refractivity contribution in [2.24, 2.45) is 52.3 Å². The molecule has 4 saturated carbocycles. The summed E-state index contributed by atoms with van der Waals surface area (Å²) in [4.78, 5) is 0. The molecule has 1 unspecified atom stereocenters. The highest BCUT2D eigenvalue weighted by Crippen LogP contribution is 2.70. The van der Waals surface area contributed by atoms with Crippen LogP contribution >= 0.6 is 0 Å². The maximum Gasteiger partial charge on any atom is 0.0804 e. The lowest BCUT2D eigenvalue weighted by atomic mass is 9.44. The highest BCUT2D eigenvalue weighted by Gasteiger charge is 2.66. The van der Waals surface area contributed by atoms with Crippen LogP contribution < -0.4 is 0 Å². The molecule has 0 aromatic heterocycles. The second kappa shape index (κ2) is 7.45. The van der Waals surface area contributed by atoms with Crippen molar-refractivity contribution in [3.63, 3.8) is 0 Å². The number of rotatable bonds is 3. The van der Waals surface area contributed by atoms with Gasteiger partial charge in [0.25, 0.3) is 0 Å². The van der Waals surface area contributed by atoms with Crippen molar-refractivity contribution in [3.8, 4) is 0 Å². The molecule has 0 bridgehead atoms. The topological polar surface area (TPSA) is 49.7 Å². The van der Waals surface area contributed by atoms with Gasteiger partial charge in [-0.25, -0.2) is 0 Å². The first kappa shape index (κ1) is 21.7. The molecule has 172 valence electrons. The van der Waals surface area contributed by atoms with Gasteiger partial charge in [0.1, 0.15) is 0 Å². The highest BCUT2D eigenvalue weighted by atomic mass is 16.5. The Morgan fingerprint density at radius 1 is 0.967 bits per heavy atom. The van der Waals surface area contributed by atoms with Crippen LogP contribution in [0.5, 0.6) is 0 Å². The molecule has 2 N–H and O–H groups in total. The molecule has 4 aliphatic carbocycles. The van der Waals surface area contributed by atoms with E-state index < -0.39 is 12.2 Å². The molecule has 5 aliphatic rings. The quantitative estimate of drug-likeness (QED) is 0.643. The highest BCUT2D eigenvalue weighted by molar-refractivity contribution is 5.14. The molecule has 0 aromatic rings. The van der Waals surface area contributed by atoms with Gasteiger partial charge < -0.3 is 14.9 Å². The lowest BCUT2D eigenvalue weighted by Crippen LogP contribution is -2.56. The summed E-state index contributed by atoms with van der Waals surface area (Å²) in [5.74, 6) is 5.11.